The Hall–Kier alpha value is -3.08. The third-order valence-corrected chi connectivity index (χ3v) is 6.06. The van der Waals surface area contributed by atoms with Crippen molar-refractivity contribution < 1.29 is 14.3 Å². The van der Waals surface area contributed by atoms with Crippen LogP contribution in [-0.4, -0.2) is 45.5 Å². The first kappa shape index (κ1) is 19.9. The quantitative estimate of drug-likeness (QED) is 0.446. The minimum Gasteiger partial charge on any atom is -0.419 e. The Morgan fingerprint density at radius 1 is 1.26 bits per heavy atom. The van der Waals surface area contributed by atoms with Gasteiger partial charge in [-0.05, 0) is 30.7 Å². The molecule has 5 rings (SSSR count). The molecule has 4 aromatic rings. The minimum absolute atomic E-state index is 0.0332. The van der Waals surface area contributed by atoms with Crippen molar-refractivity contribution in [2.75, 3.05) is 19.0 Å². The van der Waals surface area contributed by atoms with Gasteiger partial charge in [-0.2, -0.15) is 4.98 Å². The van der Waals surface area contributed by atoms with Crippen LogP contribution >= 0.6 is 22.9 Å². The van der Waals surface area contributed by atoms with Gasteiger partial charge in [-0.25, -0.2) is 15.0 Å². The topological polar surface area (TPSA) is 111 Å². The van der Waals surface area contributed by atoms with Gasteiger partial charge in [-0.1, -0.05) is 0 Å². The summed E-state index contributed by atoms with van der Waals surface area (Å²) in [6.07, 6.45) is 1.53. The van der Waals surface area contributed by atoms with Crippen molar-refractivity contribution in [3.8, 4) is 11.8 Å². The number of nitrogens with zero attached hydrogens (tertiary/aromatic N) is 4. The van der Waals surface area contributed by atoms with Gasteiger partial charge in [0.2, 0.25) is 17.0 Å². The summed E-state index contributed by atoms with van der Waals surface area (Å²) in [6.45, 7) is 2.87. The average molecular weight is 457 g/mol. The number of benzene rings is 1. The predicted molar refractivity (Wildman–Crippen MR) is 118 cm³/mol. The molecule has 1 aliphatic heterocycles. The van der Waals surface area contributed by atoms with E-state index >= 15 is 0 Å². The molecule has 1 amide bonds. The van der Waals surface area contributed by atoms with Gasteiger partial charge >= 0.3 is 0 Å². The van der Waals surface area contributed by atoms with Crippen molar-refractivity contribution in [2.24, 2.45) is 0 Å². The summed E-state index contributed by atoms with van der Waals surface area (Å²) < 4.78 is 11.8. The number of carbonyl (C=O) groups excluding carboxylic acids is 1. The van der Waals surface area contributed by atoms with E-state index in [0.717, 1.165) is 15.8 Å². The van der Waals surface area contributed by atoms with Crippen LogP contribution in [0.3, 0.4) is 0 Å². The first-order chi connectivity index (χ1) is 15.0. The lowest BCUT2D eigenvalue weighted by atomic mass is 10.1. The van der Waals surface area contributed by atoms with E-state index < -0.39 is 0 Å². The number of aromatic nitrogens is 4. The van der Waals surface area contributed by atoms with Crippen LogP contribution in [0.2, 0.25) is 5.28 Å². The number of halogens is 1. The molecule has 0 spiro atoms. The van der Waals surface area contributed by atoms with Crippen LogP contribution in [0.5, 0.6) is 11.8 Å². The second-order valence-electron chi connectivity index (χ2n) is 7.08. The first-order valence-electron chi connectivity index (χ1n) is 9.49. The summed E-state index contributed by atoms with van der Waals surface area (Å²) in [7, 11) is 1.57. The average Bonchev–Trinajstić information content (AvgIpc) is 3.04. The molecule has 0 aliphatic carbocycles. The maximum absolute atomic E-state index is 12.6. The molecule has 0 radical (unpaired) electrons. The van der Waals surface area contributed by atoms with Crippen LogP contribution in [0.25, 0.3) is 21.1 Å². The standard InChI is InChI=1S/C20H17ClN6O3S/c1-9-6-22-17-15-12(31-18(17)19(28)24-9)4-3-11-16(15)23-7-14(26-11)30-13-5-10(8-29-2)25-20(21)27-13/h3-5,7,9,22H,6,8H2,1-2H3,(H,24,28)/t9-/m1/s1. The largest absolute Gasteiger partial charge is 0.419 e. The molecule has 9 nitrogen and oxygen atoms in total. The smallest absolute Gasteiger partial charge is 0.263 e. The van der Waals surface area contributed by atoms with Crippen LogP contribution in [0.15, 0.2) is 24.4 Å². The summed E-state index contributed by atoms with van der Waals surface area (Å²) in [5.74, 6) is 0.436. The third-order valence-electron chi connectivity index (χ3n) is 4.74. The van der Waals surface area contributed by atoms with Gasteiger partial charge in [0.15, 0.2) is 0 Å². The number of carbonyl (C=O) groups is 1. The molecule has 1 aliphatic rings. The summed E-state index contributed by atoms with van der Waals surface area (Å²) >= 11 is 7.41. The zero-order valence-electron chi connectivity index (χ0n) is 16.6. The summed E-state index contributed by atoms with van der Waals surface area (Å²) in [4.78, 5) is 30.5. The zero-order valence-corrected chi connectivity index (χ0v) is 18.2. The third kappa shape index (κ3) is 3.73. The molecule has 11 heteroatoms. The van der Waals surface area contributed by atoms with Gasteiger partial charge in [0.05, 0.1) is 35.2 Å². The lowest BCUT2D eigenvalue weighted by Crippen LogP contribution is -2.34. The number of hydrogen-bond acceptors (Lipinski definition) is 9. The maximum atomic E-state index is 12.6. The Morgan fingerprint density at radius 2 is 2.13 bits per heavy atom. The number of fused-ring (bicyclic) bond motifs is 5. The number of methoxy groups -OCH3 is 1. The zero-order chi connectivity index (χ0) is 21.5. The van der Waals surface area contributed by atoms with Crippen molar-refractivity contribution in [1.29, 1.82) is 0 Å². The van der Waals surface area contributed by atoms with E-state index in [-0.39, 0.29) is 35.6 Å². The fourth-order valence-electron chi connectivity index (χ4n) is 3.45. The van der Waals surface area contributed by atoms with Gasteiger partial charge in [0.25, 0.3) is 5.91 Å². The molecule has 1 aromatic carbocycles. The molecular formula is C20H17ClN6O3S. The van der Waals surface area contributed by atoms with Crippen molar-refractivity contribution >= 4 is 55.7 Å². The van der Waals surface area contributed by atoms with Crippen LogP contribution in [-0.2, 0) is 11.3 Å². The van der Waals surface area contributed by atoms with Crippen molar-refractivity contribution in [3.05, 3.63) is 40.3 Å². The maximum Gasteiger partial charge on any atom is 0.263 e. The van der Waals surface area contributed by atoms with Gasteiger partial charge in [-0.3, -0.25) is 4.79 Å². The molecule has 0 fully saturated rings. The molecule has 0 bridgehead atoms. The fraction of sp³-hybridized carbons (Fsp3) is 0.250. The molecule has 3 aromatic heterocycles. The highest BCUT2D eigenvalue weighted by molar-refractivity contribution is 7.21. The first-order valence-corrected chi connectivity index (χ1v) is 10.7. The Labute approximate surface area is 185 Å². The molecule has 4 heterocycles. The number of rotatable bonds is 4. The molecule has 31 heavy (non-hydrogen) atoms. The normalized spacial score (nSPS) is 16.0. The van der Waals surface area contributed by atoms with Crippen LogP contribution in [0.1, 0.15) is 22.3 Å². The lowest BCUT2D eigenvalue weighted by molar-refractivity contribution is 0.0949. The van der Waals surface area contributed by atoms with E-state index in [0.29, 0.717) is 28.1 Å². The summed E-state index contributed by atoms with van der Waals surface area (Å²) in [6, 6.07) is 5.46. The van der Waals surface area contributed by atoms with Crippen molar-refractivity contribution in [3.63, 3.8) is 0 Å². The molecule has 158 valence electrons. The second kappa shape index (κ2) is 7.88. The van der Waals surface area contributed by atoms with E-state index in [1.165, 1.54) is 17.5 Å². The van der Waals surface area contributed by atoms with E-state index in [2.05, 4.69) is 30.6 Å². The molecule has 0 saturated carbocycles. The monoisotopic (exact) mass is 456 g/mol. The van der Waals surface area contributed by atoms with Gasteiger partial charge in [0.1, 0.15) is 4.88 Å². The molecular weight excluding hydrogens is 440 g/mol. The van der Waals surface area contributed by atoms with Gasteiger partial charge in [-0.15, -0.1) is 11.3 Å². The predicted octanol–water partition coefficient (Wildman–Crippen LogP) is 3.77. The number of amides is 1. The Balaban J connectivity index is 1.55. The van der Waals surface area contributed by atoms with Crippen molar-refractivity contribution in [2.45, 2.75) is 19.6 Å². The van der Waals surface area contributed by atoms with Crippen LogP contribution in [0, 0.1) is 0 Å². The number of anilines is 1. The molecule has 1 atom stereocenters. The summed E-state index contributed by atoms with van der Waals surface area (Å²) in [5, 5.41) is 7.30. The summed E-state index contributed by atoms with van der Waals surface area (Å²) in [5.41, 5.74) is 2.72. The van der Waals surface area contributed by atoms with E-state index in [1.54, 1.807) is 13.2 Å². The number of thiophene rings is 1. The highest BCUT2D eigenvalue weighted by Gasteiger charge is 2.25. The van der Waals surface area contributed by atoms with Crippen molar-refractivity contribution in [1.82, 2.24) is 25.3 Å². The Morgan fingerprint density at radius 3 is 2.97 bits per heavy atom. The van der Waals surface area contributed by atoms with Crippen LogP contribution < -0.4 is 15.4 Å². The van der Waals surface area contributed by atoms with Gasteiger partial charge in [0, 0.05) is 35.8 Å². The van der Waals surface area contributed by atoms with Gasteiger partial charge < -0.3 is 20.1 Å². The number of nitrogens with one attached hydrogen (secondary N) is 2. The Bertz CT molecular complexity index is 1330. The SMILES string of the molecule is COCc1cc(Oc2cnc3c(ccc4sc5c(c43)NC[C@@H](C)NC5=O)n2)nc(Cl)n1. The second-order valence-corrected chi connectivity index (χ2v) is 8.47. The molecule has 0 unspecified atom stereocenters. The van der Waals surface area contributed by atoms with Crippen LogP contribution in [0.4, 0.5) is 5.69 Å². The molecule has 2 N–H and O–H groups in total. The minimum atomic E-state index is -0.0812. The van der Waals surface area contributed by atoms with E-state index in [1.807, 2.05) is 19.1 Å². The Kier molecular flexibility index (Phi) is 5.05. The number of hydrogen-bond donors (Lipinski definition) is 2. The van der Waals surface area contributed by atoms with E-state index in [4.69, 9.17) is 21.1 Å². The highest BCUT2D eigenvalue weighted by atomic mass is 35.5. The fourth-order valence-corrected chi connectivity index (χ4v) is 4.72. The highest BCUT2D eigenvalue weighted by Crippen LogP contribution is 2.40. The lowest BCUT2D eigenvalue weighted by Gasteiger charge is -2.10. The number of ether oxygens (including phenoxy) is 2. The van der Waals surface area contributed by atoms with E-state index in [9.17, 15) is 4.79 Å². The molecule has 0 saturated heterocycles.